The van der Waals surface area contributed by atoms with Crippen molar-refractivity contribution >= 4 is 33.0 Å². The normalized spacial score (nSPS) is 12.8. The predicted molar refractivity (Wildman–Crippen MR) is 59.0 cm³/mol. The van der Waals surface area contributed by atoms with Gasteiger partial charge in [0.05, 0.1) is 3.79 Å². The topological polar surface area (TPSA) is 43.1 Å². The Kier molecular flexibility index (Phi) is 4.09. The lowest BCUT2D eigenvalue weighted by molar-refractivity contribution is -0.118. The molecule has 13 heavy (non-hydrogen) atoms. The summed E-state index contributed by atoms with van der Waals surface area (Å²) >= 11 is 4.95. The molecule has 0 saturated carbocycles. The minimum absolute atomic E-state index is 0.0316. The number of Topliss-reactive ketones (excluding diaryl/α,β-unsaturated/α-hetero) is 1. The van der Waals surface area contributed by atoms with Crippen LogP contribution in [0.4, 0.5) is 0 Å². The lowest BCUT2D eigenvalue weighted by atomic mass is 10.1. The Bertz CT molecular complexity index is 296. The lowest BCUT2D eigenvalue weighted by Crippen LogP contribution is -2.20. The van der Waals surface area contributed by atoms with E-state index in [9.17, 15) is 4.79 Å². The van der Waals surface area contributed by atoms with Crippen molar-refractivity contribution in [1.29, 1.82) is 0 Å². The molecule has 4 heteroatoms. The van der Waals surface area contributed by atoms with E-state index in [4.69, 9.17) is 5.73 Å². The highest BCUT2D eigenvalue weighted by Gasteiger charge is 2.07. The van der Waals surface area contributed by atoms with Crippen LogP contribution in [0.5, 0.6) is 0 Å². The van der Waals surface area contributed by atoms with Gasteiger partial charge in [0.2, 0.25) is 0 Å². The van der Waals surface area contributed by atoms with Gasteiger partial charge in [0.1, 0.15) is 5.78 Å². The Balaban J connectivity index is 2.45. The quantitative estimate of drug-likeness (QED) is 0.905. The van der Waals surface area contributed by atoms with Crippen LogP contribution in [-0.2, 0) is 11.2 Å². The van der Waals surface area contributed by atoms with Crippen molar-refractivity contribution in [3.63, 3.8) is 0 Å². The molecule has 0 fully saturated rings. The van der Waals surface area contributed by atoms with Gasteiger partial charge in [0, 0.05) is 23.8 Å². The van der Waals surface area contributed by atoms with Crippen molar-refractivity contribution in [3.8, 4) is 0 Å². The number of hydrogen-bond donors (Lipinski definition) is 1. The van der Waals surface area contributed by atoms with Gasteiger partial charge in [-0.2, -0.15) is 0 Å². The largest absolute Gasteiger partial charge is 0.328 e. The molecule has 0 aromatic carbocycles. The molecule has 2 N–H and O–H groups in total. The first-order valence-electron chi connectivity index (χ1n) is 4.09. The Morgan fingerprint density at radius 2 is 2.38 bits per heavy atom. The molecule has 1 unspecified atom stereocenters. The average Bonchev–Trinajstić information content (AvgIpc) is 2.33. The fourth-order valence-electron chi connectivity index (χ4n) is 1.07. The number of carbonyl (C=O) groups excluding carboxylic acids is 1. The summed E-state index contributed by atoms with van der Waals surface area (Å²) in [6.07, 6.45) is 0.979. The van der Waals surface area contributed by atoms with E-state index in [0.29, 0.717) is 12.8 Å². The van der Waals surface area contributed by atoms with Gasteiger partial charge in [-0.05, 0) is 35.0 Å². The van der Waals surface area contributed by atoms with Gasteiger partial charge in [0.15, 0.2) is 0 Å². The molecule has 0 aliphatic carbocycles. The Morgan fingerprint density at radius 3 is 2.85 bits per heavy atom. The molecule has 0 radical (unpaired) electrons. The van der Waals surface area contributed by atoms with Gasteiger partial charge in [-0.3, -0.25) is 4.79 Å². The summed E-state index contributed by atoms with van der Waals surface area (Å²) in [5.74, 6) is 0.212. The third-order valence-corrected chi connectivity index (χ3v) is 3.17. The van der Waals surface area contributed by atoms with Gasteiger partial charge >= 0.3 is 0 Å². The molecule has 2 nitrogen and oxygen atoms in total. The van der Waals surface area contributed by atoms with Crippen molar-refractivity contribution in [2.24, 2.45) is 5.73 Å². The zero-order chi connectivity index (χ0) is 9.84. The molecule has 1 aromatic heterocycles. The second-order valence-electron chi connectivity index (χ2n) is 3.10. The monoisotopic (exact) mass is 261 g/mol. The molecular weight excluding hydrogens is 250 g/mol. The van der Waals surface area contributed by atoms with Crippen molar-refractivity contribution in [2.75, 3.05) is 0 Å². The number of ketones is 1. The molecule has 0 aliphatic rings. The Morgan fingerprint density at radius 1 is 1.69 bits per heavy atom. The summed E-state index contributed by atoms with van der Waals surface area (Å²) < 4.78 is 1.07. The minimum Gasteiger partial charge on any atom is -0.328 e. The molecule has 1 heterocycles. The highest BCUT2D eigenvalue weighted by molar-refractivity contribution is 9.11. The molecule has 72 valence electrons. The Labute approximate surface area is 90.3 Å². The van der Waals surface area contributed by atoms with Crippen LogP contribution in [0.1, 0.15) is 18.2 Å². The number of nitrogens with two attached hydrogens (primary N) is 1. The standard InChI is InChI=1S/C9H12BrNOS/c1-6(11)4-7(12)5-8-2-3-9(10)13-8/h2-3,6H,4-5,11H2,1H3. The molecule has 0 amide bonds. The van der Waals surface area contributed by atoms with Crippen LogP contribution >= 0.6 is 27.3 Å². The molecule has 0 bridgehead atoms. The molecule has 0 saturated heterocycles. The highest BCUT2D eigenvalue weighted by Crippen LogP contribution is 2.22. The van der Waals surface area contributed by atoms with E-state index in [1.165, 1.54) is 0 Å². The van der Waals surface area contributed by atoms with Crippen molar-refractivity contribution < 1.29 is 4.79 Å². The number of hydrogen-bond acceptors (Lipinski definition) is 3. The third-order valence-electron chi connectivity index (χ3n) is 1.55. The summed E-state index contributed by atoms with van der Waals surface area (Å²) in [6, 6.07) is 3.89. The van der Waals surface area contributed by atoms with Crippen LogP contribution in [0.25, 0.3) is 0 Å². The maximum Gasteiger partial charge on any atom is 0.139 e. The summed E-state index contributed by atoms with van der Waals surface area (Å²) in [7, 11) is 0. The fraction of sp³-hybridized carbons (Fsp3) is 0.444. The maximum absolute atomic E-state index is 11.3. The second-order valence-corrected chi connectivity index (χ2v) is 5.65. The average molecular weight is 262 g/mol. The molecule has 1 aromatic rings. The summed E-state index contributed by atoms with van der Waals surface area (Å²) in [5.41, 5.74) is 5.53. The van der Waals surface area contributed by atoms with Crippen LogP contribution in [0.15, 0.2) is 15.9 Å². The molecule has 0 spiro atoms. The Hall–Kier alpha value is -0.190. The van der Waals surface area contributed by atoms with E-state index in [1.54, 1.807) is 11.3 Å². The van der Waals surface area contributed by atoms with E-state index in [2.05, 4.69) is 15.9 Å². The molecule has 0 aliphatic heterocycles. The van der Waals surface area contributed by atoms with Crippen LogP contribution in [0, 0.1) is 0 Å². The first kappa shape index (κ1) is 10.9. The molecular formula is C9H12BrNOS. The molecule has 1 rings (SSSR count). The summed E-state index contributed by atoms with van der Waals surface area (Å²) in [6.45, 7) is 1.85. The van der Waals surface area contributed by atoms with Crippen LogP contribution < -0.4 is 5.73 Å². The van der Waals surface area contributed by atoms with Gasteiger partial charge in [0.25, 0.3) is 0 Å². The second kappa shape index (κ2) is 4.88. The maximum atomic E-state index is 11.3. The van der Waals surface area contributed by atoms with Crippen LogP contribution in [-0.4, -0.2) is 11.8 Å². The fourth-order valence-corrected chi connectivity index (χ4v) is 2.58. The summed E-state index contributed by atoms with van der Waals surface area (Å²) in [4.78, 5) is 12.4. The highest BCUT2D eigenvalue weighted by atomic mass is 79.9. The zero-order valence-electron chi connectivity index (χ0n) is 7.42. The van der Waals surface area contributed by atoms with Crippen molar-refractivity contribution in [3.05, 3.63) is 20.8 Å². The first-order chi connectivity index (χ1) is 6.08. The van der Waals surface area contributed by atoms with E-state index in [-0.39, 0.29) is 11.8 Å². The van der Waals surface area contributed by atoms with Gasteiger partial charge in [-0.15, -0.1) is 11.3 Å². The van der Waals surface area contributed by atoms with Crippen molar-refractivity contribution in [1.82, 2.24) is 0 Å². The van der Waals surface area contributed by atoms with Crippen LogP contribution in [0.2, 0.25) is 0 Å². The number of rotatable bonds is 4. The van der Waals surface area contributed by atoms with Gasteiger partial charge < -0.3 is 5.73 Å². The summed E-state index contributed by atoms with van der Waals surface area (Å²) in [5, 5.41) is 0. The first-order valence-corrected chi connectivity index (χ1v) is 5.70. The third kappa shape index (κ3) is 4.02. The lowest BCUT2D eigenvalue weighted by Gasteiger charge is -2.01. The van der Waals surface area contributed by atoms with Crippen LogP contribution in [0.3, 0.4) is 0 Å². The number of carbonyl (C=O) groups is 1. The minimum atomic E-state index is -0.0316. The smallest absolute Gasteiger partial charge is 0.139 e. The van der Waals surface area contributed by atoms with Gasteiger partial charge in [-0.25, -0.2) is 0 Å². The zero-order valence-corrected chi connectivity index (χ0v) is 9.82. The predicted octanol–water partition coefficient (Wildman–Crippen LogP) is 2.36. The van der Waals surface area contributed by atoms with E-state index in [0.717, 1.165) is 8.66 Å². The molecule has 1 atom stereocenters. The van der Waals surface area contributed by atoms with Gasteiger partial charge in [-0.1, -0.05) is 0 Å². The van der Waals surface area contributed by atoms with E-state index >= 15 is 0 Å². The SMILES string of the molecule is CC(N)CC(=O)Cc1ccc(Br)s1. The van der Waals surface area contributed by atoms with E-state index in [1.807, 2.05) is 19.1 Å². The van der Waals surface area contributed by atoms with E-state index < -0.39 is 0 Å². The van der Waals surface area contributed by atoms with Crippen molar-refractivity contribution in [2.45, 2.75) is 25.8 Å². The number of halogens is 1. The number of thiophene rings is 1.